The Morgan fingerprint density at radius 1 is 1.04 bits per heavy atom. The van der Waals surface area contributed by atoms with Gasteiger partial charge >= 0.3 is 11.8 Å². The third kappa shape index (κ3) is 4.90. The second kappa shape index (κ2) is 8.78. The molecule has 1 aliphatic rings. The lowest BCUT2D eigenvalue weighted by atomic mass is 10.1. The van der Waals surface area contributed by atoms with Crippen molar-refractivity contribution in [3.63, 3.8) is 0 Å². The highest BCUT2D eigenvalue weighted by Gasteiger charge is 2.25. The van der Waals surface area contributed by atoms with Crippen molar-refractivity contribution in [2.75, 3.05) is 19.6 Å². The van der Waals surface area contributed by atoms with Gasteiger partial charge in [-0.05, 0) is 53.9 Å². The van der Waals surface area contributed by atoms with Crippen LogP contribution in [0.2, 0.25) is 0 Å². The number of hydrogen-bond donors (Lipinski definition) is 2. The van der Waals surface area contributed by atoms with Gasteiger partial charge in [0.15, 0.2) is 0 Å². The van der Waals surface area contributed by atoms with E-state index in [0.29, 0.717) is 13.1 Å². The minimum absolute atomic E-state index is 0.139. The Bertz CT molecular complexity index is 682. The molecule has 0 aliphatic carbocycles. The van der Waals surface area contributed by atoms with Crippen LogP contribution in [0.15, 0.2) is 47.2 Å². The third-order valence-corrected chi connectivity index (χ3v) is 5.17. The van der Waals surface area contributed by atoms with E-state index < -0.39 is 11.8 Å². The van der Waals surface area contributed by atoms with E-state index in [0.717, 1.165) is 18.7 Å². The van der Waals surface area contributed by atoms with Crippen LogP contribution >= 0.6 is 11.3 Å². The summed E-state index contributed by atoms with van der Waals surface area (Å²) in [5.41, 5.74) is 2.17. The zero-order chi connectivity index (χ0) is 17.5. The number of nitrogens with zero attached hydrogens (tertiary/aromatic N) is 1. The van der Waals surface area contributed by atoms with Gasteiger partial charge in [-0.25, -0.2) is 0 Å². The molecule has 5 nitrogen and oxygen atoms in total. The number of nitrogens with one attached hydrogen (secondary N) is 2. The molecule has 1 aromatic carbocycles. The molecule has 2 N–H and O–H groups in total. The maximum atomic E-state index is 12.1. The SMILES string of the molecule is O=C(NCc1ccccc1)C(=O)NCC(c1ccsc1)N1CCCC1. The summed E-state index contributed by atoms with van der Waals surface area (Å²) in [6, 6.07) is 11.8. The predicted molar refractivity (Wildman–Crippen MR) is 99.2 cm³/mol. The van der Waals surface area contributed by atoms with E-state index in [1.165, 1.54) is 18.4 Å². The molecule has 1 aromatic heterocycles. The van der Waals surface area contributed by atoms with E-state index in [1.54, 1.807) is 11.3 Å². The first-order chi connectivity index (χ1) is 12.2. The molecule has 3 rings (SSSR count). The van der Waals surface area contributed by atoms with Crippen molar-refractivity contribution < 1.29 is 9.59 Å². The number of rotatable bonds is 6. The summed E-state index contributed by atoms with van der Waals surface area (Å²) in [7, 11) is 0. The zero-order valence-corrected chi connectivity index (χ0v) is 14.9. The van der Waals surface area contributed by atoms with Crippen LogP contribution in [0.3, 0.4) is 0 Å². The first kappa shape index (κ1) is 17.6. The topological polar surface area (TPSA) is 61.4 Å². The number of carbonyl (C=O) groups is 2. The molecule has 2 amide bonds. The zero-order valence-electron chi connectivity index (χ0n) is 14.1. The summed E-state index contributed by atoms with van der Waals surface area (Å²) in [5, 5.41) is 9.62. The number of likely N-dealkylation sites (tertiary alicyclic amines) is 1. The highest BCUT2D eigenvalue weighted by atomic mass is 32.1. The van der Waals surface area contributed by atoms with Crippen LogP contribution in [-0.2, 0) is 16.1 Å². The predicted octanol–water partition coefficient (Wildman–Crippen LogP) is 2.32. The van der Waals surface area contributed by atoms with Crippen LogP contribution in [-0.4, -0.2) is 36.3 Å². The molecule has 132 valence electrons. The van der Waals surface area contributed by atoms with Gasteiger partial charge in [0.2, 0.25) is 0 Å². The highest BCUT2D eigenvalue weighted by molar-refractivity contribution is 7.07. The molecule has 2 aromatic rings. The van der Waals surface area contributed by atoms with E-state index in [2.05, 4.69) is 27.0 Å². The third-order valence-electron chi connectivity index (χ3n) is 4.47. The van der Waals surface area contributed by atoms with Gasteiger partial charge in [0, 0.05) is 13.1 Å². The number of carbonyl (C=O) groups excluding carboxylic acids is 2. The highest BCUT2D eigenvalue weighted by Crippen LogP contribution is 2.26. The molecule has 1 atom stereocenters. The fourth-order valence-electron chi connectivity index (χ4n) is 3.10. The van der Waals surface area contributed by atoms with Gasteiger partial charge in [-0.2, -0.15) is 11.3 Å². The molecule has 1 saturated heterocycles. The molecular weight excluding hydrogens is 334 g/mol. The van der Waals surface area contributed by atoms with Gasteiger partial charge in [0.25, 0.3) is 0 Å². The lowest BCUT2D eigenvalue weighted by Crippen LogP contribution is -2.43. The summed E-state index contributed by atoms with van der Waals surface area (Å²) >= 11 is 1.65. The Morgan fingerprint density at radius 2 is 1.76 bits per heavy atom. The van der Waals surface area contributed by atoms with Gasteiger partial charge in [-0.15, -0.1) is 0 Å². The lowest BCUT2D eigenvalue weighted by Gasteiger charge is -2.27. The summed E-state index contributed by atoms with van der Waals surface area (Å²) in [6.45, 7) is 2.88. The standard InChI is InChI=1S/C19H23N3O2S/c23-18(20-12-15-6-2-1-3-7-15)19(24)21-13-17(16-8-11-25-14-16)22-9-4-5-10-22/h1-3,6-8,11,14,17H,4-5,9-10,12-13H2,(H,20,23)(H,21,24). The average Bonchev–Trinajstić information content (AvgIpc) is 3.35. The van der Waals surface area contributed by atoms with Crippen LogP contribution in [0.25, 0.3) is 0 Å². The molecule has 25 heavy (non-hydrogen) atoms. The number of thiophene rings is 1. The molecule has 2 heterocycles. The van der Waals surface area contributed by atoms with Gasteiger partial charge < -0.3 is 10.6 Å². The van der Waals surface area contributed by atoms with Crippen LogP contribution in [0.5, 0.6) is 0 Å². The Balaban J connectivity index is 1.51. The molecular formula is C19H23N3O2S. The first-order valence-electron chi connectivity index (χ1n) is 8.60. The van der Waals surface area contributed by atoms with E-state index in [1.807, 2.05) is 35.7 Å². The quantitative estimate of drug-likeness (QED) is 0.780. The van der Waals surface area contributed by atoms with Crippen LogP contribution in [0, 0.1) is 0 Å². The summed E-state index contributed by atoms with van der Waals surface area (Å²) in [6.07, 6.45) is 2.37. The summed E-state index contributed by atoms with van der Waals surface area (Å²) in [4.78, 5) is 26.5. The summed E-state index contributed by atoms with van der Waals surface area (Å²) in [5.74, 6) is -1.16. The maximum Gasteiger partial charge on any atom is 0.309 e. The normalized spacial score (nSPS) is 15.7. The molecule has 1 unspecified atom stereocenters. The first-order valence-corrected chi connectivity index (χ1v) is 9.54. The largest absolute Gasteiger partial charge is 0.346 e. The maximum absolute atomic E-state index is 12.1. The molecule has 0 saturated carbocycles. The van der Waals surface area contributed by atoms with Gasteiger partial charge in [0.05, 0.1) is 6.04 Å². The number of hydrogen-bond acceptors (Lipinski definition) is 4. The van der Waals surface area contributed by atoms with Crippen LogP contribution < -0.4 is 10.6 Å². The van der Waals surface area contributed by atoms with Gasteiger partial charge in [0.1, 0.15) is 0 Å². The molecule has 0 radical (unpaired) electrons. The van der Waals surface area contributed by atoms with Crippen LogP contribution in [0.1, 0.15) is 30.0 Å². The Morgan fingerprint density at radius 3 is 2.44 bits per heavy atom. The van der Waals surface area contributed by atoms with Gasteiger partial charge in [-0.3, -0.25) is 14.5 Å². The molecule has 0 spiro atoms. The van der Waals surface area contributed by atoms with E-state index in [-0.39, 0.29) is 6.04 Å². The Labute approximate surface area is 152 Å². The molecule has 1 fully saturated rings. The Hall–Kier alpha value is -2.18. The Kier molecular flexibility index (Phi) is 6.19. The minimum atomic E-state index is -0.589. The van der Waals surface area contributed by atoms with Crippen molar-refractivity contribution in [1.82, 2.24) is 15.5 Å². The second-order valence-corrected chi connectivity index (χ2v) is 6.97. The molecule has 0 bridgehead atoms. The van der Waals surface area contributed by atoms with Crippen molar-refractivity contribution in [2.24, 2.45) is 0 Å². The fraction of sp³-hybridized carbons (Fsp3) is 0.368. The van der Waals surface area contributed by atoms with E-state index >= 15 is 0 Å². The summed E-state index contributed by atoms with van der Waals surface area (Å²) < 4.78 is 0. The van der Waals surface area contributed by atoms with Crippen molar-refractivity contribution in [2.45, 2.75) is 25.4 Å². The van der Waals surface area contributed by atoms with Crippen molar-refractivity contribution >= 4 is 23.2 Å². The lowest BCUT2D eigenvalue weighted by molar-refractivity contribution is -0.139. The van der Waals surface area contributed by atoms with Crippen molar-refractivity contribution in [3.8, 4) is 0 Å². The van der Waals surface area contributed by atoms with E-state index in [4.69, 9.17) is 0 Å². The fourth-order valence-corrected chi connectivity index (χ4v) is 3.81. The second-order valence-electron chi connectivity index (χ2n) is 6.19. The van der Waals surface area contributed by atoms with E-state index in [9.17, 15) is 9.59 Å². The number of benzene rings is 1. The minimum Gasteiger partial charge on any atom is -0.346 e. The van der Waals surface area contributed by atoms with Crippen molar-refractivity contribution in [1.29, 1.82) is 0 Å². The van der Waals surface area contributed by atoms with Crippen molar-refractivity contribution in [3.05, 3.63) is 58.3 Å². The van der Waals surface area contributed by atoms with Gasteiger partial charge in [-0.1, -0.05) is 30.3 Å². The monoisotopic (exact) mass is 357 g/mol. The van der Waals surface area contributed by atoms with Crippen LogP contribution in [0.4, 0.5) is 0 Å². The number of amides is 2. The average molecular weight is 357 g/mol. The molecule has 6 heteroatoms. The molecule has 1 aliphatic heterocycles. The smallest absolute Gasteiger partial charge is 0.309 e.